The van der Waals surface area contributed by atoms with E-state index >= 15 is 0 Å². The number of carbonyl (C=O) groups excluding carboxylic acids is 1. The van der Waals surface area contributed by atoms with Crippen molar-refractivity contribution in [1.29, 1.82) is 0 Å². The third kappa shape index (κ3) is 1.45. The van der Waals surface area contributed by atoms with Crippen molar-refractivity contribution < 1.29 is 4.79 Å². The fourth-order valence-electron chi connectivity index (χ4n) is 1.30. The normalized spacial score (nSPS) is 10.5. The number of rotatable bonds is 2. The van der Waals surface area contributed by atoms with Crippen LogP contribution in [0.3, 0.4) is 0 Å². The number of H-pyrrole nitrogens is 1. The Morgan fingerprint density at radius 1 is 1.38 bits per heavy atom. The van der Waals surface area contributed by atoms with E-state index < -0.39 is 0 Å². The van der Waals surface area contributed by atoms with E-state index in [1.54, 1.807) is 0 Å². The lowest BCUT2D eigenvalue weighted by Gasteiger charge is -1.88. The average molecular weight is 194 g/mol. The van der Waals surface area contributed by atoms with Crippen molar-refractivity contribution >= 4 is 28.3 Å². The molecule has 2 nitrogen and oxygen atoms in total. The number of para-hydroxylation sites is 1. The summed E-state index contributed by atoms with van der Waals surface area (Å²) in [6.07, 6.45) is 0. The predicted molar refractivity (Wildman–Crippen MR) is 53.3 cm³/mol. The highest BCUT2D eigenvalue weighted by Crippen LogP contribution is 2.14. The summed E-state index contributed by atoms with van der Waals surface area (Å²) < 4.78 is 0. The average Bonchev–Trinajstić information content (AvgIpc) is 2.59. The Morgan fingerprint density at radius 2 is 2.15 bits per heavy atom. The Balaban J connectivity index is 2.56. The monoisotopic (exact) mass is 193 g/mol. The maximum atomic E-state index is 11.2. The van der Waals surface area contributed by atoms with Crippen molar-refractivity contribution in [3.63, 3.8) is 0 Å². The van der Waals surface area contributed by atoms with E-state index in [1.165, 1.54) is 0 Å². The van der Waals surface area contributed by atoms with Crippen molar-refractivity contribution in [2.24, 2.45) is 0 Å². The molecule has 0 saturated heterocycles. The quantitative estimate of drug-likeness (QED) is 0.577. The van der Waals surface area contributed by atoms with E-state index in [-0.39, 0.29) is 11.7 Å². The van der Waals surface area contributed by atoms with Gasteiger partial charge in [0.05, 0.1) is 11.6 Å². The van der Waals surface area contributed by atoms with E-state index in [1.807, 2.05) is 30.3 Å². The summed E-state index contributed by atoms with van der Waals surface area (Å²) in [6, 6.07) is 9.57. The Kier molecular flexibility index (Phi) is 2.07. The van der Waals surface area contributed by atoms with Crippen LogP contribution in [0.4, 0.5) is 0 Å². The molecule has 2 aromatic rings. The zero-order chi connectivity index (χ0) is 9.26. The predicted octanol–water partition coefficient (Wildman–Crippen LogP) is 2.59. The molecule has 0 radical (unpaired) electrons. The molecule has 0 amide bonds. The minimum Gasteiger partial charge on any atom is -0.352 e. The van der Waals surface area contributed by atoms with Gasteiger partial charge in [-0.2, -0.15) is 0 Å². The van der Waals surface area contributed by atoms with Crippen LogP contribution >= 0.6 is 11.6 Å². The zero-order valence-corrected chi connectivity index (χ0v) is 7.64. The summed E-state index contributed by atoms with van der Waals surface area (Å²) in [6.45, 7) is 0. The second-order valence-corrected chi connectivity index (χ2v) is 3.09. The summed E-state index contributed by atoms with van der Waals surface area (Å²) >= 11 is 5.44. The first-order valence-corrected chi connectivity index (χ1v) is 4.51. The molecule has 0 atom stereocenters. The van der Waals surface area contributed by atoms with Crippen LogP contribution in [0.5, 0.6) is 0 Å². The lowest BCUT2D eigenvalue weighted by Crippen LogP contribution is -1.99. The Bertz CT molecular complexity index is 414. The highest BCUT2D eigenvalue weighted by molar-refractivity contribution is 6.30. The van der Waals surface area contributed by atoms with E-state index in [0.29, 0.717) is 5.69 Å². The molecule has 0 saturated carbocycles. The lowest BCUT2D eigenvalue weighted by atomic mass is 10.2. The lowest BCUT2D eigenvalue weighted by molar-refractivity contribution is 0.101. The van der Waals surface area contributed by atoms with Gasteiger partial charge < -0.3 is 4.98 Å². The molecule has 13 heavy (non-hydrogen) atoms. The van der Waals surface area contributed by atoms with Gasteiger partial charge in [0, 0.05) is 10.9 Å². The van der Waals surface area contributed by atoms with Gasteiger partial charge in [-0.3, -0.25) is 4.79 Å². The fraction of sp³-hybridized carbons (Fsp3) is 0.100. The van der Waals surface area contributed by atoms with E-state index in [4.69, 9.17) is 11.6 Å². The van der Waals surface area contributed by atoms with Crippen LogP contribution in [-0.2, 0) is 0 Å². The number of hydrogen-bond donors (Lipinski definition) is 1. The van der Waals surface area contributed by atoms with E-state index in [2.05, 4.69) is 4.98 Å². The van der Waals surface area contributed by atoms with Crippen LogP contribution in [0.1, 0.15) is 10.5 Å². The van der Waals surface area contributed by atoms with Crippen molar-refractivity contribution in [3.8, 4) is 0 Å². The number of nitrogens with one attached hydrogen (secondary N) is 1. The van der Waals surface area contributed by atoms with Gasteiger partial charge in [-0.05, 0) is 12.1 Å². The molecule has 0 spiro atoms. The summed E-state index contributed by atoms with van der Waals surface area (Å²) in [5, 5.41) is 1.04. The number of alkyl halides is 1. The standard InChI is InChI=1S/C10H8ClNO/c11-6-10(13)9-5-7-3-1-2-4-8(7)12-9/h1-5,12H,6H2. The van der Waals surface area contributed by atoms with E-state index in [9.17, 15) is 4.79 Å². The smallest absolute Gasteiger partial charge is 0.193 e. The van der Waals surface area contributed by atoms with Crippen molar-refractivity contribution in [3.05, 3.63) is 36.0 Å². The molecule has 1 aromatic heterocycles. The molecule has 0 aliphatic heterocycles. The number of Topliss-reactive ketones (excluding diaryl/α,β-unsaturated/α-hetero) is 1. The van der Waals surface area contributed by atoms with Crippen LogP contribution in [0.2, 0.25) is 0 Å². The Hall–Kier alpha value is -1.28. The van der Waals surface area contributed by atoms with Crippen LogP contribution in [0, 0.1) is 0 Å². The molecule has 1 N–H and O–H groups in total. The van der Waals surface area contributed by atoms with Gasteiger partial charge in [0.2, 0.25) is 0 Å². The van der Waals surface area contributed by atoms with Crippen LogP contribution in [0.25, 0.3) is 10.9 Å². The summed E-state index contributed by atoms with van der Waals surface area (Å²) in [7, 11) is 0. The second-order valence-electron chi connectivity index (χ2n) is 2.83. The topological polar surface area (TPSA) is 32.9 Å². The number of ketones is 1. The molecule has 66 valence electrons. The molecule has 0 aliphatic rings. The maximum absolute atomic E-state index is 11.2. The number of fused-ring (bicyclic) bond motifs is 1. The third-order valence-electron chi connectivity index (χ3n) is 1.95. The van der Waals surface area contributed by atoms with Crippen molar-refractivity contribution in [1.82, 2.24) is 4.98 Å². The number of halogens is 1. The summed E-state index contributed by atoms with van der Waals surface area (Å²) in [5.74, 6) is -0.0508. The fourth-order valence-corrected chi connectivity index (χ4v) is 1.44. The highest BCUT2D eigenvalue weighted by Gasteiger charge is 2.06. The van der Waals surface area contributed by atoms with Crippen LogP contribution in [0.15, 0.2) is 30.3 Å². The highest BCUT2D eigenvalue weighted by atomic mass is 35.5. The third-order valence-corrected chi connectivity index (χ3v) is 2.19. The molecule has 0 fully saturated rings. The Labute approximate surface area is 80.5 Å². The van der Waals surface area contributed by atoms with E-state index in [0.717, 1.165) is 10.9 Å². The molecule has 0 aliphatic carbocycles. The number of benzene rings is 1. The molecule has 3 heteroatoms. The first kappa shape index (κ1) is 8.32. The molecule has 1 heterocycles. The van der Waals surface area contributed by atoms with Gasteiger partial charge in [0.25, 0.3) is 0 Å². The SMILES string of the molecule is O=C(CCl)c1cc2ccccc2[nH]1. The largest absolute Gasteiger partial charge is 0.352 e. The minimum atomic E-state index is -0.0714. The van der Waals surface area contributed by atoms with Crippen LogP contribution < -0.4 is 0 Å². The number of hydrogen-bond acceptors (Lipinski definition) is 1. The van der Waals surface area contributed by atoms with Crippen molar-refractivity contribution in [2.45, 2.75) is 0 Å². The second kappa shape index (κ2) is 3.23. The van der Waals surface area contributed by atoms with Gasteiger partial charge in [0.1, 0.15) is 0 Å². The number of aromatic nitrogens is 1. The van der Waals surface area contributed by atoms with Gasteiger partial charge >= 0.3 is 0 Å². The van der Waals surface area contributed by atoms with Crippen molar-refractivity contribution in [2.75, 3.05) is 5.88 Å². The molecule has 1 aromatic carbocycles. The number of aromatic amines is 1. The molecule has 2 rings (SSSR count). The van der Waals surface area contributed by atoms with Gasteiger partial charge in [0.15, 0.2) is 5.78 Å². The molecule has 0 unspecified atom stereocenters. The summed E-state index contributed by atoms with van der Waals surface area (Å²) in [5.41, 5.74) is 1.55. The zero-order valence-electron chi connectivity index (χ0n) is 6.88. The molecule has 0 bridgehead atoms. The van der Waals surface area contributed by atoms with Gasteiger partial charge in [-0.25, -0.2) is 0 Å². The first-order chi connectivity index (χ1) is 6.31. The maximum Gasteiger partial charge on any atom is 0.193 e. The van der Waals surface area contributed by atoms with Gasteiger partial charge in [-0.1, -0.05) is 18.2 Å². The molecular weight excluding hydrogens is 186 g/mol. The summed E-state index contributed by atoms with van der Waals surface area (Å²) in [4.78, 5) is 14.2. The minimum absolute atomic E-state index is 0.0207. The molecular formula is C10H8ClNO. The van der Waals surface area contributed by atoms with Crippen LogP contribution in [-0.4, -0.2) is 16.6 Å². The van der Waals surface area contributed by atoms with Gasteiger partial charge in [-0.15, -0.1) is 11.6 Å². The Morgan fingerprint density at radius 3 is 2.85 bits per heavy atom. The first-order valence-electron chi connectivity index (χ1n) is 3.98. The number of carbonyl (C=O) groups is 1.